The molecule has 0 unspecified atom stereocenters. The maximum atomic E-state index is 11.7. The molecule has 5 heteroatoms. The summed E-state index contributed by atoms with van der Waals surface area (Å²) in [6, 6.07) is -0.420. The van der Waals surface area contributed by atoms with Crippen molar-refractivity contribution in [3.8, 4) is 0 Å². The predicted octanol–water partition coefficient (Wildman–Crippen LogP) is 3.32. The average molecular weight is 300 g/mol. The smallest absolute Gasteiger partial charge is 0.314 e. The van der Waals surface area contributed by atoms with E-state index < -0.39 is 6.03 Å². The average Bonchev–Trinajstić information content (AvgIpc) is 2.44. The molecular weight excluding hydrogens is 268 g/mol. The lowest BCUT2D eigenvalue weighted by molar-refractivity contribution is -0.145. The molecule has 0 aliphatic rings. The molecule has 5 nitrogen and oxygen atoms in total. The van der Waals surface area contributed by atoms with Crippen molar-refractivity contribution in [3.05, 3.63) is 0 Å². The van der Waals surface area contributed by atoms with Crippen LogP contribution >= 0.6 is 0 Å². The van der Waals surface area contributed by atoms with Gasteiger partial charge in [-0.1, -0.05) is 33.6 Å². The number of ether oxygens (including phenoxy) is 1. The van der Waals surface area contributed by atoms with Crippen LogP contribution in [0.15, 0.2) is 0 Å². The van der Waals surface area contributed by atoms with E-state index in [9.17, 15) is 9.59 Å². The quantitative estimate of drug-likeness (QED) is 0.562. The van der Waals surface area contributed by atoms with E-state index in [2.05, 4.69) is 13.8 Å². The Bertz CT molecular complexity index is 289. The summed E-state index contributed by atoms with van der Waals surface area (Å²) < 4.78 is 5.34. The van der Waals surface area contributed by atoms with Gasteiger partial charge in [0.05, 0.1) is 6.61 Å². The molecule has 0 rings (SSSR count). The minimum absolute atomic E-state index is 0.173. The lowest BCUT2D eigenvalue weighted by atomic mass is 9.99. The second-order valence-electron chi connectivity index (χ2n) is 5.56. The van der Waals surface area contributed by atoms with Gasteiger partial charge in [-0.25, -0.2) is 4.79 Å². The Balaban J connectivity index is 3.90. The Morgan fingerprint density at radius 3 is 2.14 bits per heavy atom. The van der Waals surface area contributed by atoms with Gasteiger partial charge >= 0.3 is 12.0 Å². The predicted molar refractivity (Wildman–Crippen MR) is 84.9 cm³/mol. The van der Waals surface area contributed by atoms with E-state index in [4.69, 9.17) is 10.5 Å². The SMILES string of the molecule is CCCC(CCC)COC(=O)CCCN(CCC)C(N)=O. The summed E-state index contributed by atoms with van der Waals surface area (Å²) in [6.07, 6.45) is 6.26. The molecule has 0 spiro atoms. The number of esters is 1. The summed E-state index contributed by atoms with van der Waals surface area (Å²) >= 11 is 0. The van der Waals surface area contributed by atoms with Crippen LogP contribution in [0.1, 0.15) is 65.7 Å². The van der Waals surface area contributed by atoms with Crippen LogP contribution < -0.4 is 5.73 Å². The molecule has 0 atom stereocenters. The summed E-state index contributed by atoms with van der Waals surface area (Å²) in [5, 5.41) is 0. The largest absolute Gasteiger partial charge is 0.465 e. The summed E-state index contributed by atoms with van der Waals surface area (Å²) in [7, 11) is 0. The van der Waals surface area contributed by atoms with Crippen LogP contribution in [0.4, 0.5) is 4.79 Å². The fourth-order valence-corrected chi connectivity index (χ4v) is 2.43. The van der Waals surface area contributed by atoms with Crippen LogP contribution in [0.25, 0.3) is 0 Å². The number of rotatable bonds is 12. The van der Waals surface area contributed by atoms with Gasteiger partial charge in [-0.2, -0.15) is 0 Å². The van der Waals surface area contributed by atoms with Gasteiger partial charge in [-0.05, 0) is 31.6 Å². The first-order valence-corrected chi connectivity index (χ1v) is 8.25. The molecule has 2 amide bonds. The molecule has 124 valence electrons. The maximum Gasteiger partial charge on any atom is 0.314 e. The van der Waals surface area contributed by atoms with E-state index >= 15 is 0 Å². The van der Waals surface area contributed by atoms with Crippen LogP contribution in [-0.2, 0) is 9.53 Å². The number of hydrogen-bond donors (Lipinski definition) is 1. The third kappa shape index (κ3) is 10.2. The number of hydrogen-bond acceptors (Lipinski definition) is 3. The molecule has 0 aromatic heterocycles. The fourth-order valence-electron chi connectivity index (χ4n) is 2.43. The molecule has 0 aliphatic heterocycles. The van der Waals surface area contributed by atoms with Crippen molar-refractivity contribution in [3.63, 3.8) is 0 Å². The number of carbonyl (C=O) groups excluding carboxylic acids is 2. The van der Waals surface area contributed by atoms with E-state index in [0.717, 1.165) is 32.1 Å². The Hall–Kier alpha value is -1.26. The van der Waals surface area contributed by atoms with E-state index in [1.165, 1.54) is 0 Å². The van der Waals surface area contributed by atoms with E-state index in [1.807, 2.05) is 6.92 Å². The van der Waals surface area contributed by atoms with Crippen molar-refractivity contribution < 1.29 is 14.3 Å². The molecule has 0 radical (unpaired) electrons. The zero-order valence-corrected chi connectivity index (χ0v) is 13.9. The minimum atomic E-state index is -0.420. The highest BCUT2D eigenvalue weighted by Gasteiger charge is 2.12. The molecule has 0 bridgehead atoms. The van der Waals surface area contributed by atoms with Gasteiger partial charge < -0.3 is 15.4 Å². The van der Waals surface area contributed by atoms with Crippen molar-refractivity contribution in [2.45, 2.75) is 65.7 Å². The number of urea groups is 1. The van der Waals surface area contributed by atoms with Crippen molar-refractivity contribution in [1.29, 1.82) is 0 Å². The first-order valence-electron chi connectivity index (χ1n) is 8.25. The highest BCUT2D eigenvalue weighted by Crippen LogP contribution is 2.14. The zero-order valence-electron chi connectivity index (χ0n) is 13.9. The number of nitrogens with zero attached hydrogens (tertiary/aromatic N) is 1. The molecular formula is C16H32N2O3. The number of carbonyl (C=O) groups is 2. The number of amides is 2. The molecule has 0 saturated heterocycles. The summed E-state index contributed by atoms with van der Waals surface area (Å²) in [5.74, 6) is 0.305. The number of nitrogens with two attached hydrogens (primary N) is 1. The Morgan fingerprint density at radius 2 is 1.67 bits per heavy atom. The Labute approximate surface area is 129 Å². The molecule has 0 fully saturated rings. The third-order valence-electron chi connectivity index (χ3n) is 3.49. The van der Waals surface area contributed by atoms with Crippen LogP contribution in [0.5, 0.6) is 0 Å². The van der Waals surface area contributed by atoms with E-state index in [-0.39, 0.29) is 5.97 Å². The monoisotopic (exact) mass is 300 g/mol. The number of primary amides is 1. The highest BCUT2D eigenvalue weighted by molar-refractivity contribution is 5.72. The summed E-state index contributed by atoms with van der Waals surface area (Å²) in [4.78, 5) is 24.4. The minimum Gasteiger partial charge on any atom is -0.465 e. The molecule has 0 aromatic rings. The zero-order chi connectivity index (χ0) is 16.1. The van der Waals surface area contributed by atoms with Gasteiger partial charge in [-0.3, -0.25) is 4.79 Å². The van der Waals surface area contributed by atoms with Gasteiger partial charge in [0.2, 0.25) is 0 Å². The molecule has 0 heterocycles. The summed E-state index contributed by atoms with van der Waals surface area (Å²) in [5.41, 5.74) is 5.28. The lowest BCUT2D eigenvalue weighted by Crippen LogP contribution is -2.37. The topological polar surface area (TPSA) is 72.6 Å². The lowest BCUT2D eigenvalue weighted by Gasteiger charge is -2.19. The summed E-state index contributed by atoms with van der Waals surface area (Å²) in [6.45, 7) is 7.97. The standard InChI is InChI=1S/C16H32N2O3/c1-4-8-14(9-5-2)13-21-15(19)10-7-12-18(11-6-3)16(17)20/h14H,4-13H2,1-3H3,(H2,17,20). The van der Waals surface area contributed by atoms with E-state index in [1.54, 1.807) is 4.90 Å². The van der Waals surface area contributed by atoms with Gasteiger partial charge in [0.25, 0.3) is 0 Å². The highest BCUT2D eigenvalue weighted by atomic mass is 16.5. The van der Waals surface area contributed by atoms with Gasteiger partial charge in [0.1, 0.15) is 0 Å². The van der Waals surface area contributed by atoms with Crippen LogP contribution in [0, 0.1) is 5.92 Å². The van der Waals surface area contributed by atoms with Crippen LogP contribution in [0.2, 0.25) is 0 Å². The first kappa shape index (κ1) is 19.7. The van der Waals surface area contributed by atoms with Crippen molar-refractivity contribution in [2.75, 3.05) is 19.7 Å². The second kappa shape index (κ2) is 12.5. The Morgan fingerprint density at radius 1 is 1.05 bits per heavy atom. The maximum absolute atomic E-state index is 11.7. The first-order chi connectivity index (χ1) is 10.0. The Kier molecular flexibility index (Phi) is 11.7. The van der Waals surface area contributed by atoms with E-state index in [0.29, 0.717) is 38.5 Å². The van der Waals surface area contributed by atoms with Crippen molar-refractivity contribution >= 4 is 12.0 Å². The fraction of sp³-hybridized carbons (Fsp3) is 0.875. The third-order valence-corrected chi connectivity index (χ3v) is 3.49. The van der Waals surface area contributed by atoms with Gasteiger partial charge in [-0.15, -0.1) is 0 Å². The van der Waals surface area contributed by atoms with Gasteiger partial charge in [0.15, 0.2) is 0 Å². The van der Waals surface area contributed by atoms with Crippen LogP contribution in [0.3, 0.4) is 0 Å². The molecule has 0 saturated carbocycles. The van der Waals surface area contributed by atoms with Crippen molar-refractivity contribution in [1.82, 2.24) is 4.90 Å². The second-order valence-corrected chi connectivity index (χ2v) is 5.56. The van der Waals surface area contributed by atoms with Gasteiger partial charge in [0, 0.05) is 19.5 Å². The molecule has 0 aliphatic carbocycles. The molecule has 21 heavy (non-hydrogen) atoms. The normalized spacial score (nSPS) is 10.7. The molecule has 2 N–H and O–H groups in total. The molecule has 0 aromatic carbocycles. The van der Waals surface area contributed by atoms with Crippen molar-refractivity contribution in [2.24, 2.45) is 11.7 Å². The van der Waals surface area contributed by atoms with Crippen LogP contribution in [-0.4, -0.2) is 36.6 Å².